The fourth-order valence-corrected chi connectivity index (χ4v) is 2.36. The van der Waals surface area contributed by atoms with Gasteiger partial charge in [0, 0.05) is 29.8 Å². The number of anilines is 4. The monoisotopic (exact) mass is 308 g/mol. The molecule has 1 heterocycles. The molecule has 1 aromatic heterocycles. The maximum Gasteiger partial charge on any atom is 0.253 e. The predicted molar refractivity (Wildman–Crippen MR) is 91.8 cm³/mol. The van der Waals surface area contributed by atoms with E-state index in [1.807, 2.05) is 25.1 Å². The first-order valence-corrected chi connectivity index (χ1v) is 7.18. The molecule has 4 N–H and O–H groups in total. The molecule has 0 aliphatic rings. The van der Waals surface area contributed by atoms with Crippen molar-refractivity contribution in [2.45, 2.75) is 13.0 Å². The van der Waals surface area contributed by atoms with Crippen molar-refractivity contribution in [1.82, 2.24) is 4.98 Å². The highest BCUT2D eigenvalue weighted by molar-refractivity contribution is 5.78. The number of benzene rings is 1. The summed E-state index contributed by atoms with van der Waals surface area (Å²) in [6, 6.07) is 10.7. The summed E-state index contributed by atoms with van der Waals surface area (Å²) in [6.07, 6.45) is 3.21. The average Bonchev–Trinajstić information content (AvgIpc) is 2.58. The fraction of sp³-hybridized carbons (Fsp3) is 0.118. The maximum atomic E-state index is 11.8. The van der Waals surface area contributed by atoms with Crippen LogP contribution in [-0.4, -0.2) is 4.98 Å². The molecule has 1 atom stereocenters. The molecular formula is C17H16N4O2. The Morgan fingerprint density at radius 2 is 1.74 bits per heavy atom. The van der Waals surface area contributed by atoms with Gasteiger partial charge in [-0.25, -0.2) is 0 Å². The molecule has 2 aromatic carbocycles. The Morgan fingerprint density at radius 1 is 1.04 bits per heavy atom. The van der Waals surface area contributed by atoms with Crippen molar-refractivity contribution in [2.24, 2.45) is 0 Å². The lowest BCUT2D eigenvalue weighted by molar-refractivity contribution is 0.880. The zero-order valence-corrected chi connectivity index (χ0v) is 12.5. The maximum absolute atomic E-state index is 11.8. The number of hydrogen-bond donors (Lipinski definition) is 3. The van der Waals surface area contributed by atoms with Gasteiger partial charge in [-0.1, -0.05) is 12.1 Å². The lowest BCUT2D eigenvalue weighted by Crippen LogP contribution is -2.37. The summed E-state index contributed by atoms with van der Waals surface area (Å²) in [7, 11) is 0. The Hall–Kier alpha value is -3.15. The molecule has 3 rings (SSSR count). The largest absolute Gasteiger partial charge is 0.399 e. The zero-order chi connectivity index (χ0) is 16.4. The van der Waals surface area contributed by atoms with Crippen molar-refractivity contribution in [3.8, 4) is 0 Å². The molecule has 0 saturated carbocycles. The van der Waals surface area contributed by atoms with Crippen LogP contribution in [0.5, 0.6) is 0 Å². The van der Waals surface area contributed by atoms with E-state index in [0.717, 1.165) is 5.56 Å². The summed E-state index contributed by atoms with van der Waals surface area (Å²) >= 11 is 0. The van der Waals surface area contributed by atoms with Gasteiger partial charge in [0.1, 0.15) is 11.4 Å². The van der Waals surface area contributed by atoms with Crippen LogP contribution in [0.1, 0.15) is 18.5 Å². The molecule has 3 aromatic rings. The topological polar surface area (TPSA) is 97.1 Å². The summed E-state index contributed by atoms with van der Waals surface area (Å²) in [6.45, 7) is 1.90. The van der Waals surface area contributed by atoms with Gasteiger partial charge in [-0.2, -0.15) is 0 Å². The molecule has 0 fully saturated rings. The van der Waals surface area contributed by atoms with E-state index in [-0.39, 0.29) is 11.7 Å². The van der Waals surface area contributed by atoms with E-state index in [0.29, 0.717) is 17.1 Å². The Labute approximate surface area is 132 Å². The third-order valence-electron chi connectivity index (χ3n) is 3.63. The molecule has 0 aliphatic heterocycles. The minimum atomic E-state index is -0.524. The molecule has 0 spiro atoms. The standard InChI is InChI=1S/C17H16N4O2/c1-10(11-3-2-4-12(18)9-11)20-14-15(17(23)16(14)22)21-13-5-7-19-8-6-13/h2-10,20H,18H2,1H3,(H,19,21). The van der Waals surface area contributed by atoms with Crippen LogP contribution in [0.25, 0.3) is 0 Å². The number of pyridine rings is 1. The van der Waals surface area contributed by atoms with Gasteiger partial charge in [0.15, 0.2) is 0 Å². The Bertz CT molecular complexity index is 899. The second kappa shape index (κ2) is 5.92. The van der Waals surface area contributed by atoms with Crippen LogP contribution in [0.4, 0.5) is 22.7 Å². The number of nitrogens with two attached hydrogens (primary N) is 1. The van der Waals surface area contributed by atoms with Crippen molar-refractivity contribution < 1.29 is 0 Å². The quantitative estimate of drug-likeness (QED) is 0.494. The summed E-state index contributed by atoms with van der Waals surface area (Å²) in [4.78, 5) is 27.6. The van der Waals surface area contributed by atoms with Gasteiger partial charge in [0.2, 0.25) is 0 Å². The van der Waals surface area contributed by atoms with Crippen molar-refractivity contribution >= 4 is 22.7 Å². The number of nitrogen functional groups attached to an aromatic ring is 1. The van der Waals surface area contributed by atoms with Crippen LogP contribution in [-0.2, 0) is 0 Å². The summed E-state index contributed by atoms with van der Waals surface area (Å²) in [5.74, 6) is 0. The minimum Gasteiger partial charge on any atom is -0.399 e. The van der Waals surface area contributed by atoms with E-state index < -0.39 is 10.9 Å². The third-order valence-corrected chi connectivity index (χ3v) is 3.63. The highest BCUT2D eigenvalue weighted by atomic mass is 16.2. The molecule has 0 bridgehead atoms. The number of nitrogens with one attached hydrogen (secondary N) is 2. The van der Waals surface area contributed by atoms with Crippen LogP contribution < -0.4 is 27.2 Å². The number of hydrogen-bond acceptors (Lipinski definition) is 6. The van der Waals surface area contributed by atoms with Crippen LogP contribution in [0, 0.1) is 0 Å². The first-order chi connectivity index (χ1) is 11.1. The predicted octanol–water partition coefficient (Wildman–Crippen LogP) is 2.18. The second-order valence-electron chi connectivity index (χ2n) is 5.31. The summed E-state index contributed by atoms with van der Waals surface area (Å²) in [5.41, 5.74) is 7.59. The van der Waals surface area contributed by atoms with E-state index in [1.165, 1.54) is 0 Å². The van der Waals surface area contributed by atoms with E-state index in [2.05, 4.69) is 15.6 Å². The third kappa shape index (κ3) is 2.91. The molecule has 0 saturated heterocycles. The SMILES string of the molecule is CC(Nc1c(Nc2ccncc2)c(=O)c1=O)c1cccc(N)c1. The molecule has 116 valence electrons. The van der Waals surface area contributed by atoms with Crippen LogP contribution in [0.2, 0.25) is 0 Å². The van der Waals surface area contributed by atoms with Gasteiger partial charge in [0.05, 0.1) is 0 Å². The highest BCUT2D eigenvalue weighted by Gasteiger charge is 2.22. The highest BCUT2D eigenvalue weighted by Crippen LogP contribution is 2.25. The summed E-state index contributed by atoms with van der Waals surface area (Å²) < 4.78 is 0. The Kier molecular flexibility index (Phi) is 3.80. The van der Waals surface area contributed by atoms with Crippen molar-refractivity contribution in [2.75, 3.05) is 16.4 Å². The molecule has 0 amide bonds. The lowest BCUT2D eigenvalue weighted by Gasteiger charge is -2.20. The number of rotatable bonds is 5. The minimum absolute atomic E-state index is 0.153. The molecule has 0 radical (unpaired) electrons. The van der Waals surface area contributed by atoms with Crippen LogP contribution in [0.15, 0.2) is 58.4 Å². The average molecular weight is 308 g/mol. The van der Waals surface area contributed by atoms with Crippen LogP contribution in [0.3, 0.4) is 0 Å². The second-order valence-corrected chi connectivity index (χ2v) is 5.31. The number of aromatic nitrogens is 1. The van der Waals surface area contributed by atoms with E-state index in [1.54, 1.807) is 30.6 Å². The van der Waals surface area contributed by atoms with Gasteiger partial charge < -0.3 is 16.4 Å². The van der Waals surface area contributed by atoms with E-state index >= 15 is 0 Å². The molecule has 1 unspecified atom stereocenters. The fourth-order valence-electron chi connectivity index (χ4n) is 2.36. The van der Waals surface area contributed by atoms with Crippen molar-refractivity contribution in [3.63, 3.8) is 0 Å². The number of nitrogens with zero attached hydrogens (tertiary/aromatic N) is 1. The first kappa shape index (κ1) is 14.8. The van der Waals surface area contributed by atoms with Crippen molar-refractivity contribution in [1.29, 1.82) is 0 Å². The molecule has 6 nitrogen and oxygen atoms in total. The van der Waals surface area contributed by atoms with Gasteiger partial charge >= 0.3 is 0 Å². The van der Waals surface area contributed by atoms with E-state index in [9.17, 15) is 9.59 Å². The molecular weight excluding hydrogens is 292 g/mol. The zero-order valence-electron chi connectivity index (χ0n) is 12.5. The molecule has 0 aliphatic carbocycles. The summed E-state index contributed by atoms with van der Waals surface area (Å²) in [5, 5.41) is 6.04. The van der Waals surface area contributed by atoms with Gasteiger partial charge in [-0.05, 0) is 36.8 Å². The van der Waals surface area contributed by atoms with Gasteiger partial charge in [0.25, 0.3) is 10.9 Å². The Balaban J connectivity index is 1.83. The van der Waals surface area contributed by atoms with Crippen LogP contribution >= 0.6 is 0 Å². The molecule has 6 heteroatoms. The Morgan fingerprint density at radius 3 is 2.43 bits per heavy atom. The van der Waals surface area contributed by atoms with Gasteiger partial charge in [-0.3, -0.25) is 14.6 Å². The van der Waals surface area contributed by atoms with Gasteiger partial charge in [-0.15, -0.1) is 0 Å². The van der Waals surface area contributed by atoms with Crippen molar-refractivity contribution in [3.05, 3.63) is 74.8 Å². The molecule has 23 heavy (non-hydrogen) atoms. The normalized spacial score (nSPS) is 12.0. The van der Waals surface area contributed by atoms with E-state index in [4.69, 9.17) is 5.73 Å². The lowest BCUT2D eigenvalue weighted by atomic mass is 10.1. The smallest absolute Gasteiger partial charge is 0.253 e. The first-order valence-electron chi connectivity index (χ1n) is 7.18.